The fourth-order valence-electron chi connectivity index (χ4n) is 4.76. The summed E-state index contributed by atoms with van der Waals surface area (Å²) in [5, 5.41) is 0. The lowest BCUT2D eigenvalue weighted by molar-refractivity contribution is -0.141. The van der Waals surface area contributed by atoms with E-state index >= 15 is 0 Å². The van der Waals surface area contributed by atoms with Gasteiger partial charge in [0.25, 0.3) is 0 Å². The Kier molecular flexibility index (Phi) is 4.89. The van der Waals surface area contributed by atoms with E-state index in [2.05, 4.69) is 23.5 Å². The topological polar surface area (TPSA) is 43.4 Å². The van der Waals surface area contributed by atoms with Gasteiger partial charge in [0.15, 0.2) is 5.78 Å². The van der Waals surface area contributed by atoms with Crippen LogP contribution in [0.25, 0.3) is 0 Å². The van der Waals surface area contributed by atoms with Crippen LogP contribution in [0.5, 0.6) is 5.75 Å². The van der Waals surface area contributed by atoms with Crippen molar-refractivity contribution in [3.63, 3.8) is 0 Å². The normalized spacial score (nSPS) is 30.2. The van der Waals surface area contributed by atoms with Crippen molar-refractivity contribution in [2.75, 3.05) is 11.5 Å². The molecule has 0 N–H and O–H groups in total. The number of thioether (sulfide) groups is 2. The van der Waals surface area contributed by atoms with Crippen LogP contribution in [0.3, 0.4) is 0 Å². The van der Waals surface area contributed by atoms with Gasteiger partial charge < -0.3 is 4.74 Å². The van der Waals surface area contributed by atoms with Crippen molar-refractivity contribution in [3.05, 3.63) is 29.8 Å². The number of carbonyl (C=O) groups excluding carboxylic acids is 2. The molecule has 25 heavy (non-hydrogen) atoms. The number of rotatable bonds is 3. The highest BCUT2D eigenvalue weighted by atomic mass is 32.2. The Labute approximate surface area is 157 Å². The predicted molar refractivity (Wildman–Crippen MR) is 103 cm³/mol. The van der Waals surface area contributed by atoms with Crippen LogP contribution in [-0.2, 0) is 4.79 Å². The van der Waals surface area contributed by atoms with Crippen LogP contribution in [0, 0.1) is 17.8 Å². The summed E-state index contributed by atoms with van der Waals surface area (Å²) in [5.41, 5.74) is 0.643. The van der Waals surface area contributed by atoms with E-state index < -0.39 is 0 Å². The van der Waals surface area contributed by atoms with E-state index in [1.165, 1.54) is 37.7 Å². The minimum atomic E-state index is -0.0877. The zero-order chi connectivity index (χ0) is 17.4. The van der Waals surface area contributed by atoms with Crippen LogP contribution >= 0.6 is 23.5 Å². The highest BCUT2D eigenvalue weighted by Crippen LogP contribution is 2.64. The second-order valence-electron chi connectivity index (χ2n) is 7.41. The molecule has 0 aromatic heterocycles. The molecule has 2 aliphatic carbocycles. The summed E-state index contributed by atoms with van der Waals surface area (Å²) in [7, 11) is 0. The zero-order valence-electron chi connectivity index (χ0n) is 14.5. The van der Waals surface area contributed by atoms with E-state index in [0.29, 0.717) is 27.2 Å². The average molecular weight is 377 g/mol. The first-order valence-corrected chi connectivity index (χ1v) is 11.2. The van der Waals surface area contributed by atoms with E-state index in [1.54, 1.807) is 24.3 Å². The summed E-state index contributed by atoms with van der Waals surface area (Å²) < 4.78 is 6.03. The number of ketones is 1. The van der Waals surface area contributed by atoms with Crippen LogP contribution in [0.15, 0.2) is 24.3 Å². The quantitative estimate of drug-likeness (QED) is 0.431. The number of Topliss-reactive ketones (excluding diaryl/α,β-unsaturated/α-hetero) is 1. The van der Waals surface area contributed by atoms with Crippen LogP contribution in [0.2, 0.25) is 0 Å². The molecule has 134 valence electrons. The number of esters is 1. The number of hydrogen-bond acceptors (Lipinski definition) is 5. The molecule has 2 bridgehead atoms. The summed E-state index contributed by atoms with van der Waals surface area (Å²) in [6, 6.07) is 6.90. The largest absolute Gasteiger partial charge is 0.426 e. The van der Waals surface area contributed by atoms with Gasteiger partial charge in [0.2, 0.25) is 0 Å². The summed E-state index contributed by atoms with van der Waals surface area (Å²) >= 11 is 4.32. The fraction of sp³-hybridized carbons (Fsp3) is 0.600. The smallest absolute Gasteiger partial charge is 0.314 e. The van der Waals surface area contributed by atoms with Crippen molar-refractivity contribution in [2.24, 2.45) is 17.8 Å². The molecule has 5 heteroatoms. The Morgan fingerprint density at radius 3 is 2.20 bits per heavy atom. The predicted octanol–water partition coefficient (Wildman–Crippen LogP) is 4.80. The van der Waals surface area contributed by atoms with Gasteiger partial charge in [0.05, 0.1) is 10.00 Å². The number of ether oxygens (including phenoxy) is 1. The molecule has 1 aliphatic heterocycles. The number of carbonyl (C=O) groups is 2. The minimum Gasteiger partial charge on any atom is -0.426 e. The zero-order valence-corrected chi connectivity index (χ0v) is 16.2. The Bertz CT molecular complexity index is 648. The molecule has 0 amide bonds. The molecule has 1 saturated heterocycles. The monoisotopic (exact) mass is 376 g/mol. The SMILES string of the molecule is CC(=O)c1ccc(OC(=O)C2C[C@H]3CCC[C@H](C2)C32SCCS2)cc1. The number of hydrogen-bond donors (Lipinski definition) is 0. The Balaban J connectivity index is 1.44. The first-order valence-electron chi connectivity index (χ1n) is 9.19. The van der Waals surface area contributed by atoms with Gasteiger partial charge in [-0.05, 0) is 68.7 Å². The lowest BCUT2D eigenvalue weighted by atomic mass is 9.67. The first-order chi connectivity index (χ1) is 12.1. The maximum Gasteiger partial charge on any atom is 0.314 e. The summed E-state index contributed by atoms with van der Waals surface area (Å²) in [4.78, 5) is 24.1. The van der Waals surface area contributed by atoms with Gasteiger partial charge in [-0.3, -0.25) is 9.59 Å². The third-order valence-electron chi connectivity index (χ3n) is 5.93. The van der Waals surface area contributed by atoms with Crippen molar-refractivity contribution < 1.29 is 14.3 Å². The summed E-state index contributed by atoms with van der Waals surface area (Å²) in [5.74, 6) is 4.32. The minimum absolute atomic E-state index is 0.0230. The third kappa shape index (κ3) is 3.25. The molecule has 3 nitrogen and oxygen atoms in total. The van der Waals surface area contributed by atoms with Gasteiger partial charge in [-0.1, -0.05) is 6.42 Å². The molecule has 3 aliphatic rings. The van der Waals surface area contributed by atoms with Crippen LogP contribution in [-0.4, -0.2) is 27.3 Å². The third-order valence-corrected chi connectivity index (χ3v) is 9.95. The second kappa shape index (κ2) is 6.99. The molecule has 2 atom stereocenters. The van der Waals surface area contributed by atoms with E-state index in [-0.39, 0.29) is 17.7 Å². The molecule has 4 rings (SSSR count). The summed E-state index contributed by atoms with van der Waals surface area (Å²) in [6.45, 7) is 1.54. The van der Waals surface area contributed by atoms with E-state index in [1.807, 2.05) is 0 Å². The molecular weight excluding hydrogens is 352 g/mol. The van der Waals surface area contributed by atoms with Gasteiger partial charge in [0.1, 0.15) is 5.75 Å². The first kappa shape index (κ1) is 17.5. The molecule has 1 aromatic rings. The van der Waals surface area contributed by atoms with Crippen molar-refractivity contribution >= 4 is 35.3 Å². The van der Waals surface area contributed by atoms with Gasteiger partial charge in [0, 0.05) is 17.1 Å². The Morgan fingerprint density at radius 1 is 1.04 bits per heavy atom. The van der Waals surface area contributed by atoms with Crippen molar-refractivity contribution in [3.8, 4) is 5.75 Å². The maximum atomic E-state index is 12.7. The van der Waals surface area contributed by atoms with E-state index in [9.17, 15) is 9.59 Å². The van der Waals surface area contributed by atoms with Crippen LogP contribution < -0.4 is 4.74 Å². The van der Waals surface area contributed by atoms with E-state index in [4.69, 9.17) is 4.74 Å². The highest BCUT2D eigenvalue weighted by molar-refractivity contribution is 8.21. The lowest BCUT2D eigenvalue weighted by Crippen LogP contribution is -2.48. The molecule has 0 radical (unpaired) electrons. The van der Waals surface area contributed by atoms with E-state index in [0.717, 1.165) is 12.8 Å². The van der Waals surface area contributed by atoms with Gasteiger partial charge >= 0.3 is 5.97 Å². The van der Waals surface area contributed by atoms with Crippen LogP contribution in [0.1, 0.15) is 49.4 Å². The molecule has 2 saturated carbocycles. The standard InChI is InChI=1S/C20H24O3S2/c1-13(21)14-5-7-18(8-6-14)23-19(22)15-11-16-3-2-4-17(12-15)20(16)24-9-10-25-20/h5-8,15-17H,2-4,9-12H2,1H3/t16-,17-/m1/s1. The molecule has 1 heterocycles. The van der Waals surface area contributed by atoms with Crippen molar-refractivity contribution in [1.29, 1.82) is 0 Å². The Hall–Kier alpha value is -0.940. The molecular formula is C20H24O3S2. The number of benzene rings is 1. The molecule has 3 fully saturated rings. The molecule has 1 spiro atoms. The van der Waals surface area contributed by atoms with Crippen molar-refractivity contribution in [2.45, 2.75) is 43.1 Å². The van der Waals surface area contributed by atoms with Gasteiger partial charge in [-0.2, -0.15) is 0 Å². The second-order valence-corrected chi connectivity index (χ2v) is 10.4. The highest BCUT2D eigenvalue weighted by Gasteiger charge is 2.55. The fourth-order valence-corrected chi connectivity index (χ4v) is 8.70. The Morgan fingerprint density at radius 2 is 1.64 bits per heavy atom. The van der Waals surface area contributed by atoms with Gasteiger partial charge in [-0.15, -0.1) is 23.5 Å². The lowest BCUT2D eigenvalue weighted by Gasteiger charge is -2.51. The molecule has 1 aromatic carbocycles. The maximum absolute atomic E-state index is 12.7. The van der Waals surface area contributed by atoms with Crippen LogP contribution in [0.4, 0.5) is 0 Å². The molecule has 0 unspecified atom stereocenters. The van der Waals surface area contributed by atoms with Crippen molar-refractivity contribution in [1.82, 2.24) is 0 Å². The summed E-state index contributed by atoms with van der Waals surface area (Å²) in [6.07, 6.45) is 5.77. The van der Waals surface area contributed by atoms with Gasteiger partial charge in [-0.25, -0.2) is 0 Å². The average Bonchev–Trinajstić information content (AvgIpc) is 3.04.